The first kappa shape index (κ1) is 29.1. The molecule has 0 saturated heterocycles. The topological polar surface area (TPSA) is 37.9 Å². The molecule has 1 aliphatic rings. The fourth-order valence-electron chi connectivity index (χ4n) is 6.93. The van der Waals surface area contributed by atoms with E-state index in [9.17, 15) is 0 Å². The molecule has 8 aromatic rings. The maximum atomic E-state index is 6.10. The van der Waals surface area contributed by atoms with Crippen LogP contribution in [0.2, 0.25) is 0 Å². The average molecular weight is 647 g/mol. The summed E-state index contributed by atoms with van der Waals surface area (Å²) in [6.45, 7) is 8.61. The fraction of sp³-hybridized carbons (Fsp3) is 0.0222. The Hall–Kier alpha value is -6.10. The van der Waals surface area contributed by atoms with E-state index >= 15 is 0 Å². The van der Waals surface area contributed by atoms with Gasteiger partial charge in [-0.1, -0.05) is 116 Å². The lowest BCUT2D eigenvalue weighted by atomic mass is 9.94. The van der Waals surface area contributed by atoms with Crippen LogP contribution in [-0.4, -0.2) is 11.5 Å². The number of aliphatic imine (C=N–C) groups is 2. The maximum absolute atomic E-state index is 6.10. The van der Waals surface area contributed by atoms with Crippen LogP contribution >= 0.6 is 11.3 Å². The molecule has 0 saturated carbocycles. The summed E-state index contributed by atoms with van der Waals surface area (Å²) in [5, 5.41) is 4.69. The molecule has 0 spiro atoms. The van der Waals surface area contributed by atoms with Gasteiger partial charge in [0.15, 0.2) is 5.84 Å². The normalized spacial score (nSPS) is 13.3. The summed E-state index contributed by atoms with van der Waals surface area (Å²) in [5.74, 6) is 0.611. The van der Waals surface area contributed by atoms with Crippen LogP contribution in [0.3, 0.4) is 0 Å². The molecule has 4 heteroatoms. The summed E-state index contributed by atoms with van der Waals surface area (Å²) >= 11 is 1.86. The van der Waals surface area contributed by atoms with Crippen LogP contribution in [0, 0.1) is 0 Å². The Balaban J connectivity index is 1.23. The number of rotatable bonds is 5. The quantitative estimate of drug-likeness (QED) is 0.135. The number of amidine groups is 1. The second-order valence-electron chi connectivity index (χ2n) is 12.3. The van der Waals surface area contributed by atoms with Crippen molar-refractivity contribution in [1.82, 2.24) is 0 Å². The van der Waals surface area contributed by atoms with Gasteiger partial charge in [0.05, 0.1) is 11.4 Å². The van der Waals surface area contributed by atoms with Crippen LogP contribution < -0.4 is 0 Å². The Morgan fingerprint density at radius 1 is 0.673 bits per heavy atom. The van der Waals surface area contributed by atoms with E-state index in [-0.39, 0.29) is 0 Å². The minimum atomic E-state index is 0.611. The molecule has 1 aliphatic carbocycles. The first-order valence-corrected chi connectivity index (χ1v) is 17.2. The van der Waals surface area contributed by atoms with E-state index in [4.69, 9.17) is 14.4 Å². The summed E-state index contributed by atoms with van der Waals surface area (Å²) in [5.41, 5.74) is 10.9. The van der Waals surface area contributed by atoms with Crippen molar-refractivity contribution in [2.75, 3.05) is 0 Å². The molecule has 6 aromatic carbocycles. The molecule has 0 atom stereocenters. The number of allylic oxidation sites excluding steroid dienone is 1. The molecule has 49 heavy (non-hydrogen) atoms. The molecule has 0 unspecified atom stereocenters. The van der Waals surface area contributed by atoms with Gasteiger partial charge < -0.3 is 4.42 Å². The van der Waals surface area contributed by atoms with Gasteiger partial charge in [0, 0.05) is 59.6 Å². The Bertz CT molecular complexity index is 2720. The van der Waals surface area contributed by atoms with Crippen molar-refractivity contribution in [3.63, 3.8) is 0 Å². The highest BCUT2D eigenvalue weighted by molar-refractivity contribution is 7.26. The van der Waals surface area contributed by atoms with Crippen molar-refractivity contribution >= 4 is 76.8 Å². The summed E-state index contributed by atoms with van der Waals surface area (Å²) in [6.07, 6.45) is 4.72. The molecule has 0 radical (unpaired) electrons. The molecule has 0 bridgehead atoms. The molecule has 0 N–H and O–H groups in total. The summed E-state index contributed by atoms with van der Waals surface area (Å²) in [4.78, 5) is 10.5. The fourth-order valence-corrected chi connectivity index (χ4v) is 8.21. The number of furan rings is 1. The zero-order valence-electron chi connectivity index (χ0n) is 26.7. The zero-order valence-corrected chi connectivity index (χ0v) is 27.5. The Morgan fingerprint density at radius 3 is 2.31 bits per heavy atom. The minimum Gasteiger partial charge on any atom is -0.456 e. The lowest BCUT2D eigenvalue weighted by molar-refractivity contribution is 0.669. The largest absolute Gasteiger partial charge is 0.456 e. The van der Waals surface area contributed by atoms with Crippen molar-refractivity contribution in [3.8, 4) is 11.1 Å². The molecule has 2 heterocycles. The van der Waals surface area contributed by atoms with Crippen molar-refractivity contribution in [2.45, 2.75) is 6.42 Å². The van der Waals surface area contributed by atoms with Gasteiger partial charge in [-0.15, -0.1) is 11.3 Å². The molecule has 0 fully saturated rings. The van der Waals surface area contributed by atoms with Crippen LogP contribution in [0.4, 0.5) is 0 Å². The van der Waals surface area contributed by atoms with E-state index in [1.165, 1.54) is 36.9 Å². The van der Waals surface area contributed by atoms with Gasteiger partial charge in [-0.3, -0.25) is 0 Å². The lowest BCUT2D eigenvalue weighted by Crippen LogP contribution is -2.08. The zero-order chi connectivity index (χ0) is 32.9. The van der Waals surface area contributed by atoms with E-state index < -0.39 is 0 Å². The molecule has 3 nitrogen and oxygen atoms in total. The average Bonchev–Trinajstić information content (AvgIpc) is 3.66. The third-order valence-corrected chi connectivity index (χ3v) is 10.5. The van der Waals surface area contributed by atoms with Crippen LogP contribution in [-0.2, 0) is 6.42 Å². The molecular weight excluding hydrogens is 617 g/mol. The van der Waals surface area contributed by atoms with Gasteiger partial charge in [-0.05, 0) is 59.2 Å². The summed E-state index contributed by atoms with van der Waals surface area (Å²) in [6, 6.07) is 46.3. The molecule has 0 aliphatic heterocycles. The number of fused-ring (bicyclic) bond motifs is 10. The second-order valence-corrected chi connectivity index (χ2v) is 13.3. The number of hydrogen-bond acceptors (Lipinski definition) is 3. The number of para-hydroxylation sites is 1. The maximum Gasteiger partial charge on any atom is 0.156 e. The van der Waals surface area contributed by atoms with Crippen LogP contribution in [0.5, 0.6) is 0 Å². The third-order valence-electron chi connectivity index (χ3n) is 9.30. The van der Waals surface area contributed by atoms with Crippen molar-refractivity contribution < 1.29 is 4.42 Å². The van der Waals surface area contributed by atoms with Crippen molar-refractivity contribution in [3.05, 3.63) is 181 Å². The number of benzene rings is 6. The van der Waals surface area contributed by atoms with E-state index in [0.29, 0.717) is 18.0 Å². The molecule has 0 amide bonds. The number of hydrogen-bond donors (Lipinski definition) is 0. The van der Waals surface area contributed by atoms with E-state index in [0.717, 1.165) is 49.9 Å². The van der Waals surface area contributed by atoms with Crippen molar-refractivity contribution in [1.29, 1.82) is 0 Å². The van der Waals surface area contributed by atoms with E-state index in [2.05, 4.69) is 104 Å². The molecular formula is C45H30N2OS. The smallest absolute Gasteiger partial charge is 0.156 e. The Labute approximate surface area is 288 Å². The number of nitrogens with zero attached hydrogens (tertiary/aromatic N) is 2. The Kier molecular flexibility index (Phi) is 7.03. The van der Waals surface area contributed by atoms with Gasteiger partial charge in [-0.25, -0.2) is 9.98 Å². The molecule has 9 rings (SSSR count). The van der Waals surface area contributed by atoms with Crippen LogP contribution in [0.15, 0.2) is 173 Å². The molecule has 2 aromatic heterocycles. The highest BCUT2D eigenvalue weighted by Gasteiger charge is 2.23. The number of thiophene rings is 1. The standard InChI is InChI=1S/C45H30N2OS/c1-3-39(29-13-5-4-6-14-29)47-45(46-28(2)30-22-24-41-38(27-30)35-17-9-11-19-40(35)48-41)33-25-31-15-7-8-16-34(31)43-32(26-33)21-23-37-36-18-10-12-20-42(36)49-44(37)43/h3-25,27H,1-2,26H2. The molecule has 232 valence electrons. The predicted octanol–water partition coefficient (Wildman–Crippen LogP) is 12.3. The van der Waals surface area contributed by atoms with Gasteiger partial charge in [0.1, 0.15) is 11.2 Å². The first-order chi connectivity index (χ1) is 24.1. The van der Waals surface area contributed by atoms with Gasteiger partial charge in [0.25, 0.3) is 0 Å². The summed E-state index contributed by atoms with van der Waals surface area (Å²) < 4.78 is 8.71. The SMILES string of the molecule is C=CC(=NC(=NC(=C)c1ccc2oc3ccccc3c2c1)C1=Cc2ccccc2-c2c(ccc3c2sc2ccccc23)C1)c1ccccc1. The first-order valence-electron chi connectivity index (χ1n) is 16.3. The second kappa shape index (κ2) is 11.9. The van der Waals surface area contributed by atoms with Crippen molar-refractivity contribution in [2.24, 2.45) is 9.98 Å². The third kappa shape index (κ3) is 5.05. The highest BCUT2D eigenvalue weighted by atomic mass is 32.1. The monoisotopic (exact) mass is 646 g/mol. The van der Waals surface area contributed by atoms with E-state index in [1.807, 2.05) is 59.9 Å². The lowest BCUT2D eigenvalue weighted by Gasteiger charge is -2.12. The minimum absolute atomic E-state index is 0.611. The van der Waals surface area contributed by atoms with Crippen LogP contribution in [0.25, 0.3) is 65.0 Å². The summed E-state index contributed by atoms with van der Waals surface area (Å²) in [7, 11) is 0. The van der Waals surface area contributed by atoms with E-state index in [1.54, 1.807) is 6.08 Å². The van der Waals surface area contributed by atoms with Gasteiger partial charge in [-0.2, -0.15) is 0 Å². The Morgan fingerprint density at radius 2 is 1.43 bits per heavy atom. The van der Waals surface area contributed by atoms with Gasteiger partial charge >= 0.3 is 0 Å². The highest BCUT2D eigenvalue weighted by Crippen LogP contribution is 2.45. The van der Waals surface area contributed by atoms with Gasteiger partial charge in [0.2, 0.25) is 0 Å². The van der Waals surface area contributed by atoms with Crippen LogP contribution in [0.1, 0.15) is 22.3 Å². The predicted molar refractivity (Wildman–Crippen MR) is 210 cm³/mol.